The van der Waals surface area contributed by atoms with Crippen LogP contribution in [-0.4, -0.2) is 46.5 Å². The number of anilines is 1. The van der Waals surface area contributed by atoms with Gasteiger partial charge in [0.15, 0.2) is 5.11 Å². The van der Waals surface area contributed by atoms with Gasteiger partial charge in [-0.2, -0.15) is 0 Å². The molecule has 1 rings (SSSR count). The van der Waals surface area contributed by atoms with Crippen LogP contribution >= 0.6 is 23.8 Å². The van der Waals surface area contributed by atoms with Crippen molar-refractivity contribution in [2.24, 2.45) is 0 Å². The Labute approximate surface area is 136 Å². The zero-order chi connectivity index (χ0) is 15.8. The molecule has 0 aliphatic rings. The van der Waals surface area contributed by atoms with Gasteiger partial charge < -0.3 is 25.0 Å². The van der Waals surface area contributed by atoms with Crippen molar-refractivity contribution >= 4 is 34.6 Å². The zero-order valence-electron chi connectivity index (χ0n) is 12.9. The highest BCUT2D eigenvalue weighted by Crippen LogP contribution is 2.35. The summed E-state index contributed by atoms with van der Waals surface area (Å²) in [5.41, 5.74) is 0.717. The van der Waals surface area contributed by atoms with Gasteiger partial charge in [0.25, 0.3) is 0 Å². The number of halogens is 1. The predicted octanol–water partition coefficient (Wildman–Crippen LogP) is 1.18. The molecule has 0 aliphatic carbocycles. The van der Waals surface area contributed by atoms with E-state index in [0.29, 0.717) is 21.6 Å². The normalized spacial score (nSPS) is 10.4. The van der Waals surface area contributed by atoms with E-state index >= 15 is 0 Å². The summed E-state index contributed by atoms with van der Waals surface area (Å²) in [7, 11) is 7.40. The molecule has 1 aromatic carbocycles. The highest BCUT2D eigenvalue weighted by molar-refractivity contribution is 7.80. The summed E-state index contributed by atoms with van der Waals surface area (Å²) in [5, 5.41) is 7.31. The van der Waals surface area contributed by atoms with Crippen LogP contribution in [0.3, 0.4) is 0 Å². The molecule has 0 amide bonds. The first-order valence-electron chi connectivity index (χ1n) is 6.73. The number of nitrogens with one attached hydrogen (secondary N) is 3. The fraction of sp³-hybridized carbons (Fsp3) is 0.500. The van der Waals surface area contributed by atoms with Gasteiger partial charge in [0.2, 0.25) is 0 Å². The maximum atomic E-state index is 6.07. The van der Waals surface area contributed by atoms with E-state index in [2.05, 4.69) is 24.7 Å². The van der Waals surface area contributed by atoms with E-state index in [0.717, 1.165) is 25.2 Å². The van der Waals surface area contributed by atoms with Crippen LogP contribution in [0.25, 0.3) is 0 Å². The van der Waals surface area contributed by atoms with E-state index < -0.39 is 0 Å². The first-order valence-corrected chi connectivity index (χ1v) is 7.52. The topological polar surface area (TPSA) is 47.0 Å². The maximum Gasteiger partial charge on any atom is 0.170 e. The van der Waals surface area contributed by atoms with E-state index in [1.807, 2.05) is 0 Å². The molecule has 7 heteroatoms. The molecule has 118 valence electrons. The van der Waals surface area contributed by atoms with Crippen LogP contribution < -0.4 is 25.0 Å². The molecule has 21 heavy (non-hydrogen) atoms. The van der Waals surface area contributed by atoms with Crippen LogP contribution in [0.2, 0.25) is 5.02 Å². The largest absolute Gasteiger partial charge is 0.495 e. The average molecular weight is 333 g/mol. The van der Waals surface area contributed by atoms with Crippen LogP contribution in [0.1, 0.15) is 6.42 Å². The van der Waals surface area contributed by atoms with Gasteiger partial charge in [0.05, 0.1) is 45.6 Å². The molecule has 0 saturated carbocycles. The van der Waals surface area contributed by atoms with Crippen LogP contribution in [-0.2, 0) is 0 Å². The van der Waals surface area contributed by atoms with Crippen molar-refractivity contribution in [1.29, 1.82) is 0 Å². The number of hydrogen-bond donors (Lipinski definition) is 3. The van der Waals surface area contributed by atoms with Gasteiger partial charge in [-0.25, -0.2) is 0 Å². The summed E-state index contributed by atoms with van der Waals surface area (Å²) < 4.78 is 10.5. The van der Waals surface area contributed by atoms with Crippen molar-refractivity contribution in [2.75, 3.05) is 46.7 Å². The van der Waals surface area contributed by atoms with Crippen molar-refractivity contribution in [1.82, 2.24) is 5.32 Å². The minimum atomic E-state index is 0.493. The van der Waals surface area contributed by atoms with Gasteiger partial charge in [0, 0.05) is 25.1 Å². The van der Waals surface area contributed by atoms with E-state index in [4.69, 9.17) is 33.3 Å². The Morgan fingerprint density at radius 2 is 1.90 bits per heavy atom. The van der Waals surface area contributed by atoms with Gasteiger partial charge in [0.1, 0.15) is 11.5 Å². The molecule has 0 heterocycles. The Balaban J connectivity index is 2.62. The van der Waals surface area contributed by atoms with Gasteiger partial charge >= 0.3 is 0 Å². The number of methoxy groups -OCH3 is 2. The highest BCUT2D eigenvalue weighted by atomic mass is 35.5. The molecule has 0 bridgehead atoms. The third-order valence-corrected chi connectivity index (χ3v) is 3.40. The molecular formula is C14H23ClN3O2S+. The van der Waals surface area contributed by atoms with Gasteiger partial charge in [-0.15, -0.1) is 0 Å². The van der Waals surface area contributed by atoms with Crippen molar-refractivity contribution < 1.29 is 14.4 Å². The Morgan fingerprint density at radius 3 is 2.48 bits per heavy atom. The van der Waals surface area contributed by atoms with Crippen molar-refractivity contribution in [3.05, 3.63) is 17.2 Å². The number of hydrogen-bond acceptors (Lipinski definition) is 3. The summed E-state index contributed by atoms with van der Waals surface area (Å²) >= 11 is 11.3. The van der Waals surface area contributed by atoms with Gasteiger partial charge in [-0.05, 0) is 12.2 Å². The monoisotopic (exact) mass is 332 g/mol. The Bertz CT molecular complexity index is 484. The first kappa shape index (κ1) is 17.8. The molecule has 5 nitrogen and oxygen atoms in total. The first-order chi connectivity index (χ1) is 9.97. The van der Waals surface area contributed by atoms with Crippen LogP contribution in [0.4, 0.5) is 5.69 Å². The standard InChI is InChI=1S/C14H22ClN3O2S/c1-18(2)7-5-6-16-14(21)17-11-9-12(19-3)10(15)8-13(11)20-4/h8-9H,5-7H2,1-4H3,(H2,16,17,21)/p+1. The Kier molecular flexibility index (Phi) is 7.56. The fourth-order valence-electron chi connectivity index (χ4n) is 1.77. The summed E-state index contributed by atoms with van der Waals surface area (Å²) in [6.07, 6.45) is 1.05. The number of ether oxygens (including phenoxy) is 2. The number of thiocarbonyl (C=S) groups is 1. The van der Waals surface area contributed by atoms with Crippen molar-refractivity contribution in [3.63, 3.8) is 0 Å². The minimum absolute atomic E-state index is 0.493. The lowest BCUT2D eigenvalue weighted by Gasteiger charge is -2.15. The lowest BCUT2D eigenvalue weighted by Crippen LogP contribution is -3.05. The van der Waals surface area contributed by atoms with E-state index in [1.165, 1.54) is 4.90 Å². The molecule has 0 aliphatic heterocycles. The predicted molar refractivity (Wildman–Crippen MR) is 91.1 cm³/mol. The molecular weight excluding hydrogens is 310 g/mol. The molecule has 1 aromatic rings. The molecule has 3 N–H and O–H groups in total. The highest BCUT2D eigenvalue weighted by Gasteiger charge is 2.11. The van der Waals surface area contributed by atoms with Crippen LogP contribution in [0, 0.1) is 0 Å². The van der Waals surface area contributed by atoms with Crippen molar-refractivity contribution in [2.45, 2.75) is 6.42 Å². The maximum absolute atomic E-state index is 6.07. The average Bonchev–Trinajstić information content (AvgIpc) is 2.44. The Hall–Kier alpha value is -1.24. The molecule has 0 saturated heterocycles. The second-order valence-electron chi connectivity index (χ2n) is 4.88. The van der Waals surface area contributed by atoms with E-state index in [-0.39, 0.29) is 0 Å². The fourth-order valence-corrected chi connectivity index (χ4v) is 2.21. The molecule has 0 atom stereocenters. The molecule has 0 aromatic heterocycles. The second-order valence-corrected chi connectivity index (χ2v) is 5.69. The summed E-state index contributed by atoms with van der Waals surface area (Å²) in [6.45, 7) is 1.91. The number of benzene rings is 1. The molecule has 0 spiro atoms. The van der Waals surface area contributed by atoms with Gasteiger partial charge in [-0.1, -0.05) is 11.6 Å². The number of rotatable bonds is 7. The molecule has 0 unspecified atom stereocenters. The van der Waals surface area contributed by atoms with Crippen LogP contribution in [0.15, 0.2) is 12.1 Å². The smallest absolute Gasteiger partial charge is 0.170 e. The molecule has 0 radical (unpaired) electrons. The Morgan fingerprint density at radius 1 is 1.24 bits per heavy atom. The van der Waals surface area contributed by atoms with E-state index in [9.17, 15) is 0 Å². The zero-order valence-corrected chi connectivity index (χ0v) is 14.5. The minimum Gasteiger partial charge on any atom is -0.495 e. The second kappa shape index (κ2) is 8.92. The lowest BCUT2D eigenvalue weighted by atomic mass is 10.2. The van der Waals surface area contributed by atoms with Gasteiger partial charge in [-0.3, -0.25) is 0 Å². The third kappa shape index (κ3) is 5.95. The van der Waals surface area contributed by atoms with E-state index in [1.54, 1.807) is 26.4 Å². The number of quaternary nitrogens is 1. The SMILES string of the molecule is COc1cc(NC(=S)NCCC[NH+](C)C)c(OC)cc1Cl. The lowest BCUT2D eigenvalue weighted by molar-refractivity contribution is -0.858. The third-order valence-electron chi connectivity index (χ3n) is 2.86. The van der Waals surface area contributed by atoms with Crippen molar-refractivity contribution in [3.8, 4) is 11.5 Å². The quantitative estimate of drug-likeness (QED) is 0.517. The summed E-state index contributed by atoms with van der Waals surface area (Å²) in [4.78, 5) is 1.42. The molecule has 0 fully saturated rings. The summed E-state index contributed by atoms with van der Waals surface area (Å²) in [5.74, 6) is 1.18. The van der Waals surface area contributed by atoms with Crippen LogP contribution in [0.5, 0.6) is 11.5 Å². The summed E-state index contributed by atoms with van der Waals surface area (Å²) in [6, 6.07) is 3.46.